The van der Waals surface area contributed by atoms with E-state index in [0.717, 1.165) is 6.26 Å². The van der Waals surface area contributed by atoms with Crippen LogP contribution in [-0.4, -0.2) is 25.6 Å². The van der Waals surface area contributed by atoms with E-state index in [4.69, 9.17) is 11.6 Å². The lowest BCUT2D eigenvalue weighted by molar-refractivity contribution is 0.0981. The van der Waals surface area contributed by atoms with Crippen LogP contribution in [0.2, 0.25) is 5.02 Å². The molecule has 0 unspecified atom stereocenters. The van der Waals surface area contributed by atoms with Crippen molar-refractivity contribution in [2.75, 3.05) is 6.26 Å². The Morgan fingerprint density at radius 2 is 2.00 bits per heavy atom. The van der Waals surface area contributed by atoms with Crippen LogP contribution in [0.1, 0.15) is 15.9 Å². The van der Waals surface area contributed by atoms with Crippen molar-refractivity contribution in [1.82, 2.24) is 9.71 Å². The minimum Gasteiger partial charge on any atom is -0.268 e. The highest BCUT2D eigenvalue weighted by Gasteiger charge is 2.13. The molecule has 8 heteroatoms. The average molecular weight is 343 g/mol. The summed E-state index contributed by atoms with van der Waals surface area (Å²) in [4.78, 5) is 15.3. The first-order valence-corrected chi connectivity index (χ1v) is 8.38. The quantitative estimate of drug-likeness (QED) is 0.870. The zero-order chi connectivity index (χ0) is 16.5. The average Bonchev–Trinajstić information content (AvgIpc) is 2.40. The number of hydrogen-bond acceptors (Lipinski definition) is 4. The number of sulfonamides is 1. The van der Waals surface area contributed by atoms with Crippen molar-refractivity contribution in [2.24, 2.45) is 0 Å². The van der Waals surface area contributed by atoms with E-state index in [9.17, 15) is 17.6 Å². The van der Waals surface area contributed by atoms with Crippen molar-refractivity contribution < 1.29 is 17.6 Å². The van der Waals surface area contributed by atoms with E-state index in [1.165, 1.54) is 24.4 Å². The molecule has 0 atom stereocenters. The minimum atomic E-state index is -3.63. The van der Waals surface area contributed by atoms with E-state index >= 15 is 0 Å². The number of carbonyl (C=O) groups is 1. The van der Waals surface area contributed by atoms with Gasteiger partial charge in [0.15, 0.2) is 0 Å². The number of nitrogens with zero attached hydrogens (tertiary/aromatic N) is 1. The predicted molar refractivity (Wildman–Crippen MR) is 81.7 cm³/mol. The molecule has 0 fully saturated rings. The summed E-state index contributed by atoms with van der Waals surface area (Å²) in [7, 11) is -3.63. The van der Waals surface area contributed by atoms with Crippen LogP contribution < -0.4 is 4.72 Å². The molecule has 0 saturated heterocycles. The Kier molecular flexibility index (Phi) is 4.48. The van der Waals surface area contributed by atoms with Crippen LogP contribution >= 0.6 is 11.6 Å². The third-order valence-corrected chi connectivity index (χ3v) is 3.70. The predicted octanol–water partition coefficient (Wildman–Crippen LogP) is 2.54. The lowest BCUT2D eigenvalue weighted by atomic mass is 9.99. The SMILES string of the molecule is Cc1cc(C(=O)NS(C)(=O)=O)ccc1-c1cnc(F)c(Cl)c1. The molecule has 2 rings (SSSR count). The van der Waals surface area contributed by atoms with Crippen LogP contribution in [0.15, 0.2) is 30.5 Å². The first-order valence-electron chi connectivity index (χ1n) is 6.11. The molecule has 1 aromatic heterocycles. The molecule has 0 aliphatic rings. The third-order valence-electron chi connectivity index (χ3n) is 2.87. The number of rotatable bonds is 3. The van der Waals surface area contributed by atoms with E-state index in [1.54, 1.807) is 13.0 Å². The molecule has 1 heterocycles. The van der Waals surface area contributed by atoms with Crippen molar-refractivity contribution in [3.8, 4) is 11.1 Å². The van der Waals surface area contributed by atoms with Gasteiger partial charge in [-0.1, -0.05) is 17.7 Å². The number of hydrogen-bond donors (Lipinski definition) is 1. The molecule has 5 nitrogen and oxygen atoms in total. The third kappa shape index (κ3) is 3.80. The van der Waals surface area contributed by atoms with E-state index in [0.29, 0.717) is 16.7 Å². The molecule has 0 saturated carbocycles. The lowest BCUT2D eigenvalue weighted by Crippen LogP contribution is -2.29. The number of pyridine rings is 1. The number of halogens is 2. The zero-order valence-electron chi connectivity index (χ0n) is 11.7. The van der Waals surface area contributed by atoms with E-state index in [1.807, 2.05) is 4.72 Å². The van der Waals surface area contributed by atoms with E-state index in [-0.39, 0.29) is 10.6 Å². The topological polar surface area (TPSA) is 76.1 Å². The van der Waals surface area contributed by atoms with Gasteiger partial charge in [0.05, 0.1) is 11.3 Å². The summed E-state index contributed by atoms with van der Waals surface area (Å²) in [5.41, 5.74) is 2.21. The second-order valence-corrected chi connectivity index (χ2v) is 6.89. The van der Waals surface area contributed by atoms with Crippen LogP contribution in [0.5, 0.6) is 0 Å². The molecule has 1 aromatic carbocycles. The van der Waals surface area contributed by atoms with Gasteiger partial charge in [-0.15, -0.1) is 0 Å². The summed E-state index contributed by atoms with van der Waals surface area (Å²) in [5.74, 6) is -1.47. The molecular weight excluding hydrogens is 331 g/mol. The lowest BCUT2D eigenvalue weighted by Gasteiger charge is -2.09. The Balaban J connectivity index is 2.38. The molecule has 0 aliphatic carbocycles. The molecule has 0 radical (unpaired) electrons. The monoisotopic (exact) mass is 342 g/mol. The van der Waals surface area contributed by atoms with Crippen LogP contribution in [0, 0.1) is 12.9 Å². The van der Waals surface area contributed by atoms with Gasteiger partial charge >= 0.3 is 0 Å². The van der Waals surface area contributed by atoms with Crippen molar-refractivity contribution in [1.29, 1.82) is 0 Å². The smallest absolute Gasteiger partial charge is 0.264 e. The molecular formula is C14H12ClFN2O3S. The minimum absolute atomic E-state index is 0.101. The van der Waals surface area contributed by atoms with Crippen molar-refractivity contribution >= 4 is 27.5 Å². The number of nitrogens with one attached hydrogen (secondary N) is 1. The Labute approximate surface area is 132 Å². The largest absolute Gasteiger partial charge is 0.268 e. The van der Waals surface area contributed by atoms with Crippen LogP contribution in [-0.2, 0) is 10.0 Å². The van der Waals surface area contributed by atoms with Gasteiger partial charge < -0.3 is 0 Å². The molecule has 1 amide bonds. The molecule has 0 spiro atoms. The molecule has 1 N–H and O–H groups in total. The van der Waals surface area contributed by atoms with Gasteiger partial charge in [0.2, 0.25) is 16.0 Å². The highest BCUT2D eigenvalue weighted by molar-refractivity contribution is 7.89. The number of carbonyl (C=O) groups excluding carboxylic acids is 1. The molecule has 2 aromatic rings. The highest BCUT2D eigenvalue weighted by atomic mass is 35.5. The molecule has 0 aliphatic heterocycles. The van der Waals surface area contributed by atoms with Crippen LogP contribution in [0.4, 0.5) is 4.39 Å². The molecule has 0 bridgehead atoms. The summed E-state index contributed by atoms with van der Waals surface area (Å²) in [6.07, 6.45) is 2.23. The second-order valence-electron chi connectivity index (χ2n) is 4.73. The summed E-state index contributed by atoms with van der Waals surface area (Å²) in [5, 5.41) is -0.101. The number of aryl methyl sites for hydroxylation is 1. The maximum absolute atomic E-state index is 13.1. The van der Waals surface area contributed by atoms with Crippen molar-refractivity contribution in [3.05, 3.63) is 52.6 Å². The maximum Gasteiger partial charge on any atom is 0.264 e. The second kappa shape index (κ2) is 6.02. The van der Waals surface area contributed by atoms with E-state index in [2.05, 4.69) is 4.98 Å². The van der Waals surface area contributed by atoms with Gasteiger partial charge in [0.25, 0.3) is 5.91 Å². The molecule has 22 heavy (non-hydrogen) atoms. The number of aromatic nitrogens is 1. The molecule has 116 valence electrons. The highest BCUT2D eigenvalue weighted by Crippen LogP contribution is 2.26. The van der Waals surface area contributed by atoms with E-state index < -0.39 is 21.9 Å². The van der Waals surface area contributed by atoms with Gasteiger partial charge in [0, 0.05) is 17.3 Å². The first kappa shape index (κ1) is 16.4. The van der Waals surface area contributed by atoms with Gasteiger partial charge in [-0.25, -0.2) is 18.1 Å². The fourth-order valence-electron chi connectivity index (χ4n) is 1.92. The summed E-state index contributed by atoms with van der Waals surface area (Å²) in [6.45, 7) is 1.74. The van der Waals surface area contributed by atoms with Crippen molar-refractivity contribution in [3.63, 3.8) is 0 Å². The Morgan fingerprint density at radius 3 is 2.55 bits per heavy atom. The first-order chi connectivity index (χ1) is 10.2. The summed E-state index contributed by atoms with van der Waals surface area (Å²) < 4.78 is 37.1. The zero-order valence-corrected chi connectivity index (χ0v) is 13.3. The Bertz CT molecular complexity index is 853. The van der Waals surface area contributed by atoms with Gasteiger partial charge in [0.1, 0.15) is 0 Å². The van der Waals surface area contributed by atoms with Gasteiger partial charge in [-0.05, 0) is 36.2 Å². The number of amides is 1. The van der Waals surface area contributed by atoms with Gasteiger partial charge in [-0.2, -0.15) is 4.39 Å². The van der Waals surface area contributed by atoms with Crippen molar-refractivity contribution in [2.45, 2.75) is 6.92 Å². The van der Waals surface area contributed by atoms with Crippen LogP contribution in [0.25, 0.3) is 11.1 Å². The maximum atomic E-state index is 13.1. The number of benzene rings is 1. The van der Waals surface area contributed by atoms with Gasteiger partial charge in [-0.3, -0.25) is 4.79 Å². The standard InChI is InChI=1S/C14H12ClFN2O3S/c1-8-5-9(14(19)18-22(2,20)21)3-4-11(8)10-6-12(15)13(16)17-7-10/h3-7H,1-2H3,(H,18,19). The van der Waals surface area contributed by atoms with Crippen LogP contribution in [0.3, 0.4) is 0 Å². The fourth-order valence-corrected chi connectivity index (χ4v) is 2.55. The summed E-state index contributed by atoms with van der Waals surface area (Å²) >= 11 is 5.70. The Morgan fingerprint density at radius 1 is 1.32 bits per heavy atom. The normalized spacial score (nSPS) is 11.3. The fraction of sp³-hybridized carbons (Fsp3) is 0.143. The summed E-state index contributed by atoms with van der Waals surface area (Å²) in [6, 6.07) is 6.06. The Hall–Kier alpha value is -1.99.